The second kappa shape index (κ2) is 7.95. The highest BCUT2D eigenvalue weighted by Gasteiger charge is 2.30. The van der Waals surface area contributed by atoms with Crippen LogP contribution in [0.15, 0.2) is 48.5 Å². The molecule has 0 saturated carbocycles. The first-order valence-corrected chi connectivity index (χ1v) is 9.58. The number of hydrogen-bond donors (Lipinski definition) is 2. The molecule has 9 heteroatoms. The van der Waals surface area contributed by atoms with Gasteiger partial charge in [0.05, 0.1) is 16.8 Å². The number of benzene rings is 2. The first-order valence-electron chi connectivity index (χ1n) is 9.20. The first kappa shape index (κ1) is 20.2. The predicted molar refractivity (Wildman–Crippen MR) is 109 cm³/mol. The van der Waals surface area contributed by atoms with Gasteiger partial charge in [0.15, 0.2) is 5.78 Å². The van der Waals surface area contributed by atoms with E-state index < -0.39 is 11.7 Å². The highest BCUT2D eigenvalue weighted by atomic mass is 35.5. The van der Waals surface area contributed by atoms with E-state index in [2.05, 4.69) is 20.6 Å². The van der Waals surface area contributed by atoms with Crippen molar-refractivity contribution in [2.75, 3.05) is 10.6 Å². The van der Waals surface area contributed by atoms with Gasteiger partial charge in [-0.15, -0.1) is 0 Å². The van der Waals surface area contributed by atoms with Crippen LogP contribution in [0.3, 0.4) is 0 Å². The molecule has 0 bridgehead atoms. The number of nitrogens with one attached hydrogen (secondary N) is 2. The fourth-order valence-electron chi connectivity index (χ4n) is 3.27. The summed E-state index contributed by atoms with van der Waals surface area (Å²) in [5, 5.41) is 6.42. The van der Waals surface area contributed by atoms with Crippen molar-refractivity contribution in [3.8, 4) is 0 Å². The lowest BCUT2D eigenvalue weighted by molar-refractivity contribution is -0.137. The highest BCUT2D eigenvalue weighted by molar-refractivity contribution is 6.30. The van der Waals surface area contributed by atoms with Gasteiger partial charge in [0.2, 0.25) is 5.95 Å². The van der Waals surface area contributed by atoms with Gasteiger partial charge < -0.3 is 10.6 Å². The molecule has 1 aliphatic carbocycles. The number of Topliss-reactive ketones (excluding diaryl/α,β-unsaturated/α-hetero) is 1. The second-order valence-electron chi connectivity index (χ2n) is 6.83. The summed E-state index contributed by atoms with van der Waals surface area (Å²) in [7, 11) is 0. The molecule has 1 aliphatic rings. The number of alkyl halides is 3. The molecule has 30 heavy (non-hydrogen) atoms. The molecule has 0 saturated heterocycles. The molecule has 4 rings (SSSR count). The number of rotatable bonds is 4. The van der Waals surface area contributed by atoms with Crippen molar-refractivity contribution in [2.24, 2.45) is 0 Å². The predicted octanol–water partition coefficient (Wildman–Crippen LogP) is 6.16. The van der Waals surface area contributed by atoms with Gasteiger partial charge in [-0.2, -0.15) is 18.2 Å². The number of hydrogen-bond acceptors (Lipinski definition) is 5. The molecular weight excluding hydrogens is 417 g/mol. The Morgan fingerprint density at radius 1 is 0.933 bits per heavy atom. The number of carbonyl (C=O) groups excluding carboxylic acids is 1. The topological polar surface area (TPSA) is 66.9 Å². The fraction of sp³-hybridized carbons (Fsp3) is 0.190. The summed E-state index contributed by atoms with van der Waals surface area (Å²) in [6, 6.07) is 11.7. The molecule has 1 heterocycles. The third-order valence-electron chi connectivity index (χ3n) is 4.61. The number of halogens is 4. The van der Waals surface area contributed by atoms with Crippen molar-refractivity contribution in [3.05, 3.63) is 70.4 Å². The Kier molecular flexibility index (Phi) is 5.34. The normalized spacial score (nSPS) is 13.7. The number of nitrogens with zero attached hydrogens (tertiary/aromatic N) is 2. The SMILES string of the molecule is O=C1CCCc2nc(Nc3cccc(C(F)(F)F)c3)nc(Nc3cccc(Cl)c3)c21. The Bertz CT molecular complexity index is 1120. The van der Waals surface area contributed by atoms with Crippen LogP contribution in [0.2, 0.25) is 5.02 Å². The minimum atomic E-state index is -4.46. The van der Waals surface area contributed by atoms with Gasteiger partial charge in [-0.25, -0.2) is 4.98 Å². The summed E-state index contributed by atoms with van der Waals surface area (Å²) >= 11 is 6.03. The quantitative estimate of drug-likeness (QED) is 0.517. The van der Waals surface area contributed by atoms with E-state index in [1.54, 1.807) is 24.3 Å². The van der Waals surface area contributed by atoms with E-state index in [9.17, 15) is 18.0 Å². The van der Waals surface area contributed by atoms with Crippen molar-refractivity contribution in [1.82, 2.24) is 9.97 Å². The maximum absolute atomic E-state index is 13.0. The summed E-state index contributed by atoms with van der Waals surface area (Å²) < 4.78 is 39.0. The second-order valence-corrected chi connectivity index (χ2v) is 7.27. The maximum atomic E-state index is 13.0. The lowest BCUT2D eigenvalue weighted by Gasteiger charge is -2.19. The van der Waals surface area contributed by atoms with E-state index >= 15 is 0 Å². The van der Waals surface area contributed by atoms with Gasteiger partial charge in [0.25, 0.3) is 0 Å². The van der Waals surface area contributed by atoms with E-state index in [-0.39, 0.29) is 17.4 Å². The molecule has 0 amide bonds. The molecule has 1 aromatic heterocycles. The molecular formula is C21H16ClF3N4O. The average Bonchev–Trinajstić information content (AvgIpc) is 2.67. The van der Waals surface area contributed by atoms with E-state index in [1.807, 2.05) is 0 Å². The molecule has 3 aromatic rings. The minimum Gasteiger partial charge on any atom is -0.339 e. The van der Waals surface area contributed by atoms with Crippen molar-refractivity contribution >= 4 is 40.5 Å². The summed E-state index contributed by atoms with van der Waals surface area (Å²) in [6.45, 7) is 0. The molecule has 0 fully saturated rings. The van der Waals surface area contributed by atoms with Crippen molar-refractivity contribution in [1.29, 1.82) is 0 Å². The highest BCUT2D eigenvalue weighted by Crippen LogP contribution is 2.33. The number of aromatic nitrogens is 2. The summed E-state index contributed by atoms with van der Waals surface area (Å²) in [6.07, 6.45) is -2.84. The summed E-state index contributed by atoms with van der Waals surface area (Å²) in [5.41, 5.74) is 1.00. The van der Waals surface area contributed by atoms with Gasteiger partial charge in [-0.05, 0) is 49.2 Å². The van der Waals surface area contributed by atoms with Crippen LogP contribution in [-0.2, 0) is 12.6 Å². The molecule has 0 atom stereocenters. The Hall–Kier alpha value is -3.13. The molecule has 0 aliphatic heterocycles. The van der Waals surface area contributed by atoms with E-state index in [0.717, 1.165) is 12.1 Å². The largest absolute Gasteiger partial charge is 0.416 e. The van der Waals surface area contributed by atoms with Crippen LogP contribution >= 0.6 is 11.6 Å². The molecule has 2 N–H and O–H groups in total. The van der Waals surface area contributed by atoms with Crippen LogP contribution in [-0.4, -0.2) is 15.8 Å². The number of fused-ring (bicyclic) bond motifs is 1. The molecule has 0 spiro atoms. The van der Waals surface area contributed by atoms with E-state index in [4.69, 9.17) is 11.6 Å². The molecule has 154 valence electrons. The molecule has 0 unspecified atom stereocenters. The van der Waals surface area contributed by atoms with Gasteiger partial charge in [0.1, 0.15) is 5.82 Å². The van der Waals surface area contributed by atoms with Gasteiger partial charge >= 0.3 is 6.18 Å². The van der Waals surface area contributed by atoms with E-state index in [0.29, 0.717) is 47.0 Å². The van der Waals surface area contributed by atoms with Crippen LogP contribution in [0.1, 0.15) is 34.5 Å². The number of ketones is 1. The van der Waals surface area contributed by atoms with E-state index in [1.165, 1.54) is 12.1 Å². The molecule has 2 aromatic carbocycles. The Balaban J connectivity index is 1.72. The standard InChI is InChI=1S/C21H16ClF3N4O/c22-13-5-2-7-15(11-13)26-19-18-16(8-3-9-17(18)30)28-20(29-19)27-14-6-1-4-12(10-14)21(23,24)25/h1-2,4-7,10-11H,3,8-9H2,(H2,26,27,28,29). The van der Waals surface area contributed by atoms with Crippen molar-refractivity contribution < 1.29 is 18.0 Å². The average molecular weight is 433 g/mol. The summed E-state index contributed by atoms with van der Waals surface area (Å²) in [4.78, 5) is 21.2. The fourth-order valence-corrected chi connectivity index (χ4v) is 3.46. The Labute approximate surface area is 175 Å². The van der Waals surface area contributed by atoms with Crippen molar-refractivity contribution in [2.45, 2.75) is 25.4 Å². The molecule has 5 nitrogen and oxygen atoms in total. The van der Waals surface area contributed by atoms with Gasteiger partial charge in [-0.1, -0.05) is 23.7 Å². The van der Waals surface area contributed by atoms with Crippen LogP contribution in [0.25, 0.3) is 0 Å². The Morgan fingerprint density at radius 3 is 2.40 bits per heavy atom. The number of carbonyl (C=O) groups is 1. The van der Waals surface area contributed by atoms with Gasteiger partial charge in [0, 0.05) is 22.8 Å². The Morgan fingerprint density at radius 2 is 1.67 bits per heavy atom. The lowest BCUT2D eigenvalue weighted by Crippen LogP contribution is -2.18. The van der Waals surface area contributed by atoms with Crippen molar-refractivity contribution in [3.63, 3.8) is 0 Å². The zero-order chi connectivity index (χ0) is 21.3. The number of anilines is 4. The third-order valence-corrected chi connectivity index (χ3v) is 4.85. The van der Waals surface area contributed by atoms with Crippen LogP contribution < -0.4 is 10.6 Å². The summed E-state index contributed by atoms with van der Waals surface area (Å²) in [5.74, 6) is 0.320. The maximum Gasteiger partial charge on any atom is 0.416 e. The number of aryl methyl sites for hydroxylation is 1. The molecule has 0 radical (unpaired) electrons. The smallest absolute Gasteiger partial charge is 0.339 e. The third kappa shape index (κ3) is 4.38. The first-order chi connectivity index (χ1) is 14.3. The van der Waals surface area contributed by atoms with Gasteiger partial charge in [-0.3, -0.25) is 4.79 Å². The lowest BCUT2D eigenvalue weighted by atomic mass is 9.95. The van der Waals surface area contributed by atoms with Crippen LogP contribution in [0.4, 0.5) is 36.3 Å². The van der Waals surface area contributed by atoms with Crippen LogP contribution in [0, 0.1) is 0 Å². The van der Waals surface area contributed by atoms with Crippen LogP contribution in [0.5, 0.6) is 0 Å². The minimum absolute atomic E-state index is 0.0774. The monoisotopic (exact) mass is 432 g/mol. The zero-order valence-corrected chi connectivity index (χ0v) is 16.3. The zero-order valence-electron chi connectivity index (χ0n) is 15.6.